The third-order valence-electron chi connectivity index (χ3n) is 22.1. The van der Waals surface area contributed by atoms with Crippen molar-refractivity contribution >= 4 is 70.4 Å². The van der Waals surface area contributed by atoms with Gasteiger partial charge in [-0.3, -0.25) is 36.3 Å². The number of hydrogen-bond donors (Lipinski definition) is 3. The highest BCUT2D eigenvalue weighted by molar-refractivity contribution is 7.90. The van der Waals surface area contributed by atoms with Crippen LogP contribution in [-0.2, 0) is 50.4 Å². The van der Waals surface area contributed by atoms with Crippen LogP contribution >= 0.6 is 11.3 Å². The van der Waals surface area contributed by atoms with Gasteiger partial charge < -0.3 is 37.9 Å². The maximum atomic E-state index is 12.2. The first-order chi connectivity index (χ1) is 55.9. The van der Waals surface area contributed by atoms with E-state index in [0.29, 0.717) is 47.0 Å². The minimum Gasteiger partial charge on any atom is -0.432 e. The SMILES string of the molecule is CC(C)(O)c1cnc2ccc(-c3c(-c4ccn(C5CC5)n4)nc4n3CCN4)cn12.CC(C)(O)c1cnc2ccc(-c3c(-c4ccn(C5CC5)n4)nc4sccn34)cn12.CS(=O)(=O)c1cnc2ccc(-c3c(-c4ccn(C5CC5)n4)nc4n3CCC4)cn12.CS(=O)(=O)c1cnc2ccc(-c3c(-c4ccn(C5CC5)n4)nc4occn34)cn12. The molecule has 24 rings (SSSR count). The fourth-order valence-corrected chi connectivity index (χ4v) is 18.0. The number of imidazole rings is 8. The summed E-state index contributed by atoms with van der Waals surface area (Å²) in [5.41, 5.74) is 16.6. The van der Waals surface area contributed by atoms with E-state index in [1.54, 1.807) is 85.0 Å². The molecule has 4 fully saturated rings. The van der Waals surface area contributed by atoms with Gasteiger partial charge in [0.25, 0.3) is 0 Å². The number of thiazole rings is 1. The third kappa shape index (κ3) is 12.8. The fraction of sp³-hybridized carbons (Fsp3) is 0.309. The van der Waals surface area contributed by atoms with Crippen molar-refractivity contribution in [1.82, 2.24) is 115 Å². The van der Waals surface area contributed by atoms with Gasteiger partial charge in [-0.25, -0.2) is 51.7 Å². The number of anilines is 1. The predicted octanol–water partition coefficient (Wildman–Crippen LogP) is 12.8. The number of sulfone groups is 2. The molecule has 4 aliphatic carbocycles. The lowest BCUT2D eigenvalue weighted by molar-refractivity contribution is 0.0724. The zero-order chi connectivity index (χ0) is 79.0. The second-order valence-corrected chi connectivity index (χ2v) is 36.6. The normalized spacial score (nSPS) is 15.7. The Bertz CT molecular complexity index is 7160. The molecule has 0 saturated heterocycles. The van der Waals surface area contributed by atoms with Gasteiger partial charge in [-0.15, -0.1) is 11.3 Å². The van der Waals surface area contributed by atoms with Crippen LogP contribution in [0.3, 0.4) is 0 Å². The molecule has 18 aromatic rings. The van der Waals surface area contributed by atoms with Crippen LogP contribution in [-0.4, -0.2) is 161 Å². The van der Waals surface area contributed by atoms with E-state index >= 15 is 0 Å². The zero-order valence-corrected chi connectivity index (χ0v) is 66.5. The molecule has 32 nitrogen and oxygen atoms in total. The van der Waals surface area contributed by atoms with Crippen LogP contribution in [0.2, 0.25) is 0 Å². The lowest BCUT2D eigenvalue weighted by Crippen LogP contribution is -2.18. The highest BCUT2D eigenvalue weighted by atomic mass is 32.2. The summed E-state index contributed by atoms with van der Waals surface area (Å²) in [6.07, 6.45) is 41.3. The average Bonchev–Trinajstić information content (AvgIpc) is 1.60. The number of rotatable bonds is 16. The van der Waals surface area contributed by atoms with Crippen molar-refractivity contribution in [2.75, 3.05) is 24.4 Å². The summed E-state index contributed by atoms with van der Waals surface area (Å²) in [4.78, 5) is 37.5. The Morgan fingerprint density at radius 2 is 0.862 bits per heavy atom. The first kappa shape index (κ1) is 71.3. The molecule has 0 spiro atoms. The van der Waals surface area contributed by atoms with E-state index in [2.05, 4.69) is 83.7 Å². The lowest BCUT2D eigenvalue weighted by atomic mass is 10.1. The van der Waals surface area contributed by atoms with Gasteiger partial charge in [0.1, 0.15) is 91.4 Å². The Morgan fingerprint density at radius 1 is 0.448 bits per heavy atom. The van der Waals surface area contributed by atoms with Crippen LogP contribution < -0.4 is 5.32 Å². The number of nitrogens with one attached hydrogen (secondary N) is 1. The molecule has 6 aliphatic rings. The van der Waals surface area contributed by atoms with E-state index < -0.39 is 30.9 Å². The summed E-state index contributed by atoms with van der Waals surface area (Å²) in [7, 11) is -6.80. The number of nitrogens with zero attached hydrogens (tertiary/aromatic N) is 24. The Kier molecular flexibility index (Phi) is 16.3. The summed E-state index contributed by atoms with van der Waals surface area (Å²) in [6.45, 7) is 9.74. The van der Waals surface area contributed by atoms with Crippen molar-refractivity contribution in [1.29, 1.82) is 0 Å². The number of oxazole rings is 1. The van der Waals surface area contributed by atoms with Crippen LogP contribution in [0.25, 0.3) is 124 Å². The summed E-state index contributed by atoms with van der Waals surface area (Å²) in [5.74, 6) is 2.39. The molecular weight excluding hydrogens is 1530 g/mol. The number of aromatic nitrogens is 24. The van der Waals surface area contributed by atoms with E-state index in [-0.39, 0.29) is 10.1 Å². The standard InChI is InChI=1S/C21H23N7O.C21H20N6OS.C20H20N6O2S.C19H16N6O3S/c1-21(2,29)16-11-23-17-6-3-13(12-27(16)17)19-18(24-20-22-8-10-26(19)20)15-7-9-28(25-15)14-4-5-14;1-21(2,28)16-11-22-17-6-3-13(12-26(16)17)19-18(23-20-25(19)9-10-29-20)15-7-8-27(24-15)14-4-5-14;1-29(27,28)18-11-21-16-7-4-13(12-25(16)18)20-19(22-17-3-2-9-24(17)20)15-8-10-26(23-15)14-5-6-14;1-29(26,27)16-10-20-15-5-2-12(11-24(15)16)18-17(21-19-23(18)8-9-28-19)14-6-7-25(22-14)13-3-4-13/h3,6-7,9,11-12,14,29H,4-5,8,10H2,1-2H3,(H,22,24);3,6-12,14,28H,4-5H2,1-2H3;4,7-8,10-12,14H,2-3,5-6,9H2,1H3;2,5-11,13H,3-4H2,1H3. The van der Waals surface area contributed by atoms with Crippen molar-refractivity contribution in [2.45, 2.75) is 150 Å². The number of fused-ring (bicyclic) bond motifs is 8. The highest BCUT2D eigenvalue weighted by Gasteiger charge is 2.34. The maximum Gasteiger partial charge on any atom is 0.306 e. The molecular formula is C81H79N25O7S3. The van der Waals surface area contributed by atoms with E-state index in [4.69, 9.17) is 39.8 Å². The monoisotopic (exact) mass is 1610 g/mol. The van der Waals surface area contributed by atoms with Gasteiger partial charge in [0.05, 0.1) is 83.1 Å². The molecule has 0 aromatic carbocycles. The van der Waals surface area contributed by atoms with Gasteiger partial charge in [0.15, 0.2) is 34.7 Å². The van der Waals surface area contributed by atoms with Gasteiger partial charge in [-0.05, 0) is 158 Å². The average molecular weight is 1610 g/mol. The van der Waals surface area contributed by atoms with Crippen molar-refractivity contribution in [3.63, 3.8) is 0 Å². The molecule has 0 radical (unpaired) electrons. The van der Waals surface area contributed by atoms with Gasteiger partial charge in [0, 0.05) is 128 Å². The molecule has 0 bridgehead atoms. The van der Waals surface area contributed by atoms with Crippen molar-refractivity contribution < 1.29 is 31.5 Å². The molecule has 18 aromatic heterocycles. The quantitative estimate of drug-likeness (QED) is 0.0809. The largest absolute Gasteiger partial charge is 0.432 e. The summed E-state index contributed by atoms with van der Waals surface area (Å²) in [6, 6.07) is 25.7. The molecule has 588 valence electrons. The van der Waals surface area contributed by atoms with E-state index in [0.717, 1.165) is 170 Å². The Balaban J connectivity index is 0.0000000966. The first-order valence-electron chi connectivity index (χ1n) is 38.8. The van der Waals surface area contributed by atoms with E-state index in [1.165, 1.54) is 63.4 Å². The second-order valence-electron chi connectivity index (χ2n) is 31.8. The zero-order valence-electron chi connectivity index (χ0n) is 64.1. The smallest absolute Gasteiger partial charge is 0.306 e. The third-order valence-corrected chi connectivity index (χ3v) is 25.0. The highest BCUT2D eigenvalue weighted by Crippen LogP contribution is 2.44. The molecule has 0 atom stereocenters. The van der Waals surface area contributed by atoms with Crippen molar-refractivity contribution in [3.8, 4) is 90.6 Å². The van der Waals surface area contributed by atoms with Gasteiger partial charge in [-0.2, -0.15) is 25.4 Å². The molecule has 20 heterocycles. The summed E-state index contributed by atoms with van der Waals surface area (Å²) >= 11 is 1.61. The Hall–Kier alpha value is -12.4. The molecule has 2 aliphatic heterocycles. The minimum atomic E-state index is -3.42. The summed E-state index contributed by atoms with van der Waals surface area (Å²) < 4.78 is 77.7. The van der Waals surface area contributed by atoms with Crippen LogP contribution in [0.4, 0.5) is 5.95 Å². The summed E-state index contributed by atoms with van der Waals surface area (Å²) in [5, 5.41) is 45.9. The van der Waals surface area contributed by atoms with Crippen LogP contribution in [0, 0.1) is 0 Å². The topological polar surface area (TPSA) is 345 Å². The van der Waals surface area contributed by atoms with Crippen LogP contribution in [0.15, 0.2) is 186 Å². The Morgan fingerprint density at radius 3 is 1.33 bits per heavy atom. The molecule has 4 saturated carbocycles. The maximum absolute atomic E-state index is 12.2. The number of pyridine rings is 4. The molecule has 0 amide bonds. The molecule has 0 unspecified atom stereocenters. The van der Waals surface area contributed by atoms with Gasteiger partial charge in [0.2, 0.25) is 5.95 Å². The van der Waals surface area contributed by atoms with Gasteiger partial charge in [-0.1, -0.05) is 0 Å². The second kappa shape index (κ2) is 26.6. The first-order valence-corrected chi connectivity index (χ1v) is 43.4. The van der Waals surface area contributed by atoms with E-state index in [1.807, 2.05) is 114 Å². The fourth-order valence-electron chi connectivity index (χ4n) is 15.8. The number of aliphatic hydroxyl groups is 2. The Labute approximate surface area is 666 Å². The van der Waals surface area contributed by atoms with Gasteiger partial charge >= 0.3 is 5.84 Å². The molecule has 35 heteroatoms. The van der Waals surface area contributed by atoms with Crippen molar-refractivity contribution in [2.24, 2.45) is 0 Å². The van der Waals surface area contributed by atoms with E-state index in [9.17, 15) is 27.0 Å². The lowest BCUT2D eigenvalue weighted by Gasteiger charge is -2.17. The van der Waals surface area contributed by atoms with Crippen LogP contribution in [0.1, 0.15) is 127 Å². The predicted molar refractivity (Wildman–Crippen MR) is 433 cm³/mol. The van der Waals surface area contributed by atoms with Crippen LogP contribution in [0.5, 0.6) is 0 Å². The van der Waals surface area contributed by atoms with Crippen molar-refractivity contribution in [3.05, 3.63) is 188 Å². The number of hydrogen-bond acceptors (Lipinski definition) is 21. The number of aryl methyl sites for hydroxylation is 1. The molecule has 3 N–H and O–H groups in total. The minimum absolute atomic E-state index is 0.141. The molecule has 116 heavy (non-hydrogen) atoms.